The highest BCUT2D eigenvalue weighted by atomic mass is 16.3. The molecule has 0 radical (unpaired) electrons. The van der Waals surface area contributed by atoms with Crippen LogP contribution in [0.15, 0.2) is 53.3 Å². The number of fused-ring (bicyclic) bond motifs is 5. The van der Waals surface area contributed by atoms with Crippen LogP contribution in [-0.4, -0.2) is 43.3 Å². The van der Waals surface area contributed by atoms with Crippen molar-refractivity contribution in [1.82, 2.24) is 20.2 Å². The van der Waals surface area contributed by atoms with Gasteiger partial charge in [-0.05, 0) is 32.0 Å². The summed E-state index contributed by atoms with van der Waals surface area (Å²) in [5.74, 6) is -1.31. The summed E-state index contributed by atoms with van der Waals surface area (Å²) in [7, 11) is 0. The molecule has 0 saturated carbocycles. The van der Waals surface area contributed by atoms with Crippen LogP contribution in [0.3, 0.4) is 0 Å². The van der Waals surface area contributed by atoms with Gasteiger partial charge in [-0.1, -0.05) is 44.2 Å². The Morgan fingerprint density at radius 1 is 1.03 bits per heavy atom. The van der Waals surface area contributed by atoms with E-state index in [9.17, 15) is 24.6 Å². The van der Waals surface area contributed by atoms with E-state index >= 15 is 0 Å². The molecule has 10 heteroatoms. The molecule has 10 nitrogen and oxygen atoms in total. The predicted molar refractivity (Wildman–Crippen MR) is 135 cm³/mol. The van der Waals surface area contributed by atoms with Gasteiger partial charge in [0.25, 0.3) is 5.56 Å². The second-order valence-electron chi connectivity index (χ2n) is 11.0. The van der Waals surface area contributed by atoms with E-state index < -0.39 is 46.5 Å². The van der Waals surface area contributed by atoms with Gasteiger partial charge in [-0.3, -0.25) is 29.2 Å². The highest BCUT2D eigenvalue weighted by molar-refractivity contribution is 6.05. The topological polar surface area (TPSA) is 137 Å². The van der Waals surface area contributed by atoms with Crippen molar-refractivity contribution in [2.45, 2.75) is 63.2 Å². The summed E-state index contributed by atoms with van der Waals surface area (Å²) in [4.78, 5) is 46.8. The van der Waals surface area contributed by atoms with E-state index in [4.69, 9.17) is 0 Å². The summed E-state index contributed by atoms with van der Waals surface area (Å²) in [5, 5.41) is 30.0. The zero-order valence-electron chi connectivity index (χ0n) is 21.0. The third-order valence-electron chi connectivity index (χ3n) is 8.01. The molecule has 37 heavy (non-hydrogen) atoms. The number of carbonyl (C=O) groups excluding carboxylic acids is 2. The number of carbonyl (C=O) groups is 2. The lowest BCUT2D eigenvalue weighted by molar-refractivity contribution is -0.147. The normalized spacial score (nSPS) is 29.9. The van der Waals surface area contributed by atoms with Gasteiger partial charge in [0.15, 0.2) is 11.5 Å². The third-order valence-corrected chi connectivity index (χ3v) is 8.01. The molecule has 3 aliphatic rings. The Bertz CT molecular complexity index is 1550. The van der Waals surface area contributed by atoms with Crippen LogP contribution < -0.4 is 21.1 Å². The van der Waals surface area contributed by atoms with E-state index in [1.165, 1.54) is 9.47 Å². The average Bonchev–Trinajstić information content (AvgIpc) is 3.24. The van der Waals surface area contributed by atoms with E-state index in [2.05, 4.69) is 15.6 Å². The summed E-state index contributed by atoms with van der Waals surface area (Å²) in [6.07, 6.45) is -1.08. The van der Waals surface area contributed by atoms with Crippen molar-refractivity contribution in [3.05, 3.63) is 70.3 Å². The fourth-order valence-electron chi connectivity index (χ4n) is 5.92. The highest BCUT2D eigenvalue weighted by Gasteiger charge is 2.62. The first kappa shape index (κ1) is 23.8. The number of hydrogen-bond donors (Lipinski definition) is 4. The number of nitrogens with zero attached hydrogens (tertiary/aromatic N) is 3. The average molecular weight is 504 g/mol. The lowest BCUT2D eigenvalue weighted by Gasteiger charge is -2.43. The molecule has 0 aliphatic carbocycles. The minimum Gasteiger partial charge on any atom is -0.381 e. The van der Waals surface area contributed by atoms with Crippen LogP contribution in [0.2, 0.25) is 0 Å². The lowest BCUT2D eigenvalue weighted by Crippen LogP contribution is -2.62. The lowest BCUT2D eigenvalue weighted by atomic mass is 9.84. The predicted octanol–water partition coefficient (Wildman–Crippen LogP) is 1.20. The molecule has 2 amide bonds. The van der Waals surface area contributed by atoms with Crippen molar-refractivity contribution in [2.24, 2.45) is 5.92 Å². The van der Waals surface area contributed by atoms with Gasteiger partial charge in [-0.2, -0.15) is 0 Å². The van der Waals surface area contributed by atoms with Gasteiger partial charge in [-0.25, -0.2) is 4.98 Å². The molecule has 3 aliphatic heterocycles. The molecule has 4 heterocycles. The van der Waals surface area contributed by atoms with E-state index in [0.717, 1.165) is 0 Å². The molecule has 0 spiro atoms. The fraction of sp³-hybridized carbons (Fsp3) is 0.407. The van der Waals surface area contributed by atoms with Crippen molar-refractivity contribution in [3.63, 3.8) is 0 Å². The van der Waals surface area contributed by atoms with Crippen LogP contribution in [-0.2, 0) is 20.9 Å². The smallest absolute Gasteiger partial charge is 0.262 e. The minimum absolute atomic E-state index is 0.0123. The Balaban J connectivity index is 1.56. The Labute approximate surface area is 212 Å². The number of rotatable bonds is 3. The first-order chi connectivity index (χ1) is 17.4. The maximum Gasteiger partial charge on any atom is 0.262 e. The van der Waals surface area contributed by atoms with Gasteiger partial charge in [0.05, 0.1) is 22.1 Å². The fourth-order valence-corrected chi connectivity index (χ4v) is 5.92. The largest absolute Gasteiger partial charge is 0.381 e. The number of hydrogen-bond acceptors (Lipinski definition) is 7. The van der Waals surface area contributed by atoms with Crippen LogP contribution in [0, 0.1) is 5.92 Å². The maximum atomic E-state index is 13.8. The van der Waals surface area contributed by atoms with Gasteiger partial charge >= 0.3 is 0 Å². The SMILES string of the molecule is CC(C)[C@]1(O)NC(=O)[C@H](C[C@]2(O)c3ccccc3N3C(=O)C(C)(C)N[C@H]32)n2c1nc1ccccc1c2=O. The Morgan fingerprint density at radius 3 is 2.43 bits per heavy atom. The molecule has 2 aromatic carbocycles. The zero-order chi connectivity index (χ0) is 26.5. The highest BCUT2D eigenvalue weighted by Crippen LogP contribution is 2.51. The summed E-state index contributed by atoms with van der Waals surface area (Å²) < 4.78 is 1.21. The van der Waals surface area contributed by atoms with Gasteiger partial charge in [0.2, 0.25) is 11.8 Å². The maximum absolute atomic E-state index is 13.8. The number of aromatic nitrogens is 2. The second kappa shape index (κ2) is 7.47. The number of amides is 2. The summed E-state index contributed by atoms with van der Waals surface area (Å²) in [6.45, 7) is 6.92. The molecule has 1 fully saturated rings. The summed E-state index contributed by atoms with van der Waals surface area (Å²) in [6, 6.07) is 12.6. The minimum atomic E-state index is -1.89. The molecule has 3 aromatic rings. The van der Waals surface area contributed by atoms with E-state index in [1.54, 1.807) is 76.2 Å². The monoisotopic (exact) mass is 503 g/mol. The van der Waals surface area contributed by atoms with Gasteiger partial charge in [0, 0.05) is 17.9 Å². The number of aliphatic hydroxyl groups is 2. The third kappa shape index (κ3) is 3.03. The van der Waals surface area contributed by atoms with Crippen molar-refractivity contribution in [3.8, 4) is 0 Å². The molecule has 4 atom stereocenters. The molecule has 6 rings (SSSR count). The number of nitrogens with one attached hydrogen (secondary N) is 2. The number of para-hydroxylation sites is 2. The van der Waals surface area contributed by atoms with Crippen molar-refractivity contribution < 1.29 is 19.8 Å². The van der Waals surface area contributed by atoms with Crippen molar-refractivity contribution in [2.75, 3.05) is 4.90 Å². The quantitative estimate of drug-likeness (QED) is 0.422. The number of anilines is 1. The standard InChI is InChI=1S/C27H29N5O5/c1-14(2)27(37)23-28-17-11-7-5-9-15(17)21(34)31(23)19(20(33)29-27)13-26(36)16-10-6-8-12-18(16)32-22(26)30-25(3,4)24(32)35/h5-12,14,19,22,30,36-37H,13H2,1-4H3,(H,29,33)/t19-,22+,26-,27+/m0/s1. The molecular formula is C27H29N5O5. The molecule has 1 aromatic heterocycles. The van der Waals surface area contributed by atoms with Gasteiger partial charge in [-0.15, -0.1) is 0 Å². The summed E-state index contributed by atoms with van der Waals surface area (Å²) in [5.41, 5.74) is -3.59. The van der Waals surface area contributed by atoms with E-state index in [-0.39, 0.29) is 18.2 Å². The molecule has 192 valence electrons. The first-order valence-corrected chi connectivity index (χ1v) is 12.4. The van der Waals surface area contributed by atoms with Crippen LogP contribution >= 0.6 is 0 Å². The molecule has 1 saturated heterocycles. The molecule has 0 unspecified atom stereocenters. The molecule has 0 bridgehead atoms. The van der Waals surface area contributed by atoms with Crippen LogP contribution in [0.25, 0.3) is 10.9 Å². The van der Waals surface area contributed by atoms with Crippen LogP contribution in [0.4, 0.5) is 5.69 Å². The zero-order valence-corrected chi connectivity index (χ0v) is 21.0. The second-order valence-corrected chi connectivity index (χ2v) is 11.0. The molecular weight excluding hydrogens is 474 g/mol. The summed E-state index contributed by atoms with van der Waals surface area (Å²) >= 11 is 0. The van der Waals surface area contributed by atoms with E-state index in [1.807, 2.05) is 0 Å². The van der Waals surface area contributed by atoms with E-state index in [0.29, 0.717) is 22.2 Å². The van der Waals surface area contributed by atoms with Gasteiger partial charge < -0.3 is 15.5 Å². The Hall–Kier alpha value is -3.60. The van der Waals surface area contributed by atoms with Crippen LogP contribution in [0.1, 0.15) is 51.5 Å². The number of benzene rings is 2. The first-order valence-electron chi connectivity index (χ1n) is 12.4. The molecule has 4 N–H and O–H groups in total. The Kier molecular flexibility index (Phi) is 4.80. The van der Waals surface area contributed by atoms with Crippen molar-refractivity contribution in [1.29, 1.82) is 0 Å². The Morgan fingerprint density at radius 2 is 1.70 bits per heavy atom. The van der Waals surface area contributed by atoms with Crippen molar-refractivity contribution >= 4 is 28.4 Å². The van der Waals surface area contributed by atoms with Crippen LogP contribution in [0.5, 0.6) is 0 Å². The van der Waals surface area contributed by atoms with Gasteiger partial charge in [0.1, 0.15) is 17.8 Å².